The lowest BCUT2D eigenvalue weighted by molar-refractivity contribution is 0.483. The SMILES string of the molecule is CSC(=N)c1c(Cl)cccc1Cl.O=S(=O)(O)c1ccccc1. The van der Waals surface area contributed by atoms with Gasteiger partial charge < -0.3 is 0 Å². The van der Waals surface area contributed by atoms with Crippen LogP contribution in [0.25, 0.3) is 0 Å². The second-order valence-corrected chi connectivity index (χ2v) is 6.97. The first-order valence-electron chi connectivity index (χ1n) is 5.87. The van der Waals surface area contributed by atoms with Gasteiger partial charge in [-0.15, -0.1) is 11.8 Å². The fourth-order valence-corrected chi connectivity index (χ4v) is 3.03. The predicted molar refractivity (Wildman–Crippen MR) is 93.1 cm³/mol. The van der Waals surface area contributed by atoms with Gasteiger partial charge in [-0.25, -0.2) is 0 Å². The first-order valence-corrected chi connectivity index (χ1v) is 9.29. The van der Waals surface area contributed by atoms with Crippen molar-refractivity contribution in [2.24, 2.45) is 0 Å². The molecule has 0 aliphatic carbocycles. The Kier molecular flexibility index (Phi) is 7.38. The van der Waals surface area contributed by atoms with E-state index in [9.17, 15) is 8.42 Å². The summed E-state index contributed by atoms with van der Waals surface area (Å²) in [6.45, 7) is 0. The Morgan fingerprint density at radius 1 is 1.05 bits per heavy atom. The number of benzene rings is 2. The second kappa shape index (κ2) is 8.55. The van der Waals surface area contributed by atoms with Gasteiger partial charge in [0.1, 0.15) is 0 Å². The summed E-state index contributed by atoms with van der Waals surface area (Å²) >= 11 is 13.0. The van der Waals surface area contributed by atoms with Crippen molar-refractivity contribution in [2.75, 3.05) is 6.26 Å². The van der Waals surface area contributed by atoms with Crippen LogP contribution in [0.3, 0.4) is 0 Å². The molecule has 0 aliphatic heterocycles. The number of hydrogen-bond donors (Lipinski definition) is 2. The van der Waals surface area contributed by atoms with Crippen LogP contribution in [0.4, 0.5) is 0 Å². The summed E-state index contributed by atoms with van der Waals surface area (Å²) in [6, 6.07) is 12.6. The number of rotatable bonds is 2. The third-order valence-corrected chi connectivity index (χ3v) is 4.55. The Balaban J connectivity index is 0.000000224. The molecule has 22 heavy (non-hydrogen) atoms. The third-order valence-electron chi connectivity index (χ3n) is 2.44. The van der Waals surface area contributed by atoms with Gasteiger partial charge in [-0.2, -0.15) is 8.42 Å². The molecule has 2 N–H and O–H groups in total. The molecular formula is C14H13Cl2NO3S2. The number of hydrogen-bond acceptors (Lipinski definition) is 4. The lowest BCUT2D eigenvalue weighted by Gasteiger charge is -2.04. The van der Waals surface area contributed by atoms with Crippen molar-refractivity contribution in [3.8, 4) is 0 Å². The first kappa shape index (κ1) is 19.0. The number of nitrogens with one attached hydrogen (secondary N) is 1. The van der Waals surface area contributed by atoms with Gasteiger partial charge in [0.25, 0.3) is 10.1 Å². The maximum atomic E-state index is 10.4. The summed E-state index contributed by atoms with van der Waals surface area (Å²) in [5.41, 5.74) is 0.619. The van der Waals surface area contributed by atoms with E-state index in [2.05, 4.69) is 0 Å². The van der Waals surface area contributed by atoms with Crippen molar-refractivity contribution in [3.63, 3.8) is 0 Å². The van der Waals surface area contributed by atoms with Gasteiger partial charge in [0, 0.05) is 5.56 Å². The van der Waals surface area contributed by atoms with Crippen LogP contribution in [0.1, 0.15) is 5.56 Å². The van der Waals surface area contributed by atoms with Gasteiger partial charge >= 0.3 is 0 Å². The highest BCUT2D eigenvalue weighted by atomic mass is 35.5. The van der Waals surface area contributed by atoms with Gasteiger partial charge in [0.2, 0.25) is 0 Å². The molecule has 0 unspecified atom stereocenters. The van der Waals surface area contributed by atoms with E-state index in [4.69, 9.17) is 33.2 Å². The Hall–Kier alpha value is -1.05. The van der Waals surface area contributed by atoms with E-state index < -0.39 is 10.1 Å². The Morgan fingerprint density at radius 2 is 1.55 bits per heavy atom. The summed E-state index contributed by atoms with van der Waals surface area (Å²) in [5.74, 6) is 0. The van der Waals surface area contributed by atoms with Crippen molar-refractivity contribution >= 4 is 50.1 Å². The van der Waals surface area contributed by atoms with E-state index in [1.165, 1.54) is 23.9 Å². The van der Waals surface area contributed by atoms with Crippen LogP contribution in [0.15, 0.2) is 53.4 Å². The molecule has 0 aromatic heterocycles. The molecule has 118 valence electrons. The minimum absolute atomic E-state index is 0.0741. The molecule has 0 spiro atoms. The average Bonchev–Trinajstić information content (AvgIpc) is 2.47. The molecule has 0 fully saturated rings. The summed E-state index contributed by atoms with van der Waals surface area (Å²) in [6.07, 6.45) is 1.82. The van der Waals surface area contributed by atoms with Gasteiger partial charge in [-0.3, -0.25) is 9.96 Å². The van der Waals surface area contributed by atoms with Crippen LogP contribution in [-0.2, 0) is 10.1 Å². The van der Waals surface area contributed by atoms with Gasteiger partial charge in [0.15, 0.2) is 0 Å². The summed E-state index contributed by atoms with van der Waals surface area (Å²) in [4.78, 5) is -0.0741. The Morgan fingerprint density at radius 3 is 1.91 bits per heavy atom. The molecule has 8 heteroatoms. The van der Waals surface area contributed by atoms with Crippen molar-refractivity contribution in [1.29, 1.82) is 5.41 Å². The monoisotopic (exact) mass is 377 g/mol. The van der Waals surface area contributed by atoms with E-state index in [0.29, 0.717) is 20.7 Å². The molecule has 0 aliphatic rings. The lowest BCUT2D eigenvalue weighted by atomic mass is 10.2. The molecule has 0 saturated carbocycles. The Labute approximate surface area is 143 Å². The predicted octanol–water partition coefficient (Wildman–Crippen LogP) is 4.62. The summed E-state index contributed by atoms with van der Waals surface area (Å²) in [5, 5.41) is 9.01. The first-order chi connectivity index (χ1) is 10.3. The zero-order chi connectivity index (χ0) is 16.8. The molecule has 0 amide bonds. The molecular weight excluding hydrogens is 365 g/mol. The average molecular weight is 378 g/mol. The number of thioether (sulfide) groups is 1. The van der Waals surface area contributed by atoms with Gasteiger partial charge in [-0.05, 0) is 30.5 Å². The smallest absolute Gasteiger partial charge is 0.293 e. The molecule has 4 nitrogen and oxygen atoms in total. The molecule has 0 saturated heterocycles. The zero-order valence-corrected chi connectivity index (χ0v) is 14.6. The summed E-state index contributed by atoms with van der Waals surface area (Å²) in [7, 11) is -4.00. The fourth-order valence-electron chi connectivity index (χ4n) is 1.41. The van der Waals surface area contributed by atoms with Crippen LogP contribution < -0.4 is 0 Å². The van der Waals surface area contributed by atoms with Crippen molar-refractivity contribution < 1.29 is 13.0 Å². The van der Waals surface area contributed by atoms with E-state index in [0.717, 1.165) is 0 Å². The van der Waals surface area contributed by atoms with Gasteiger partial charge in [-0.1, -0.05) is 47.5 Å². The number of halogens is 2. The third kappa shape index (κ3) is 5.62. The second-order valence-electron chi connectivity index (χ2n) is 3.92. The standard InChI is InChI=1S/C8H7Cl2NS.C6H6O3S/c1-12-8(11)7-5(9)3-2-4-6(7)10;7-10(8,9)6-4-2-1-3-5-6/h2-4,11H,1H3;1-5H,(H,7,8,9). The van der Waals surface area contributed by atoms with Crippen LogP contribution in [-0.4, -0.2) is 24.3 Å². The largest absolute Gasteiger partial charge is 0.294 e. The minimum Gasteiger partial charge on any atom is -0.293 e. The fraction of sp³-hybridized carbons (Fsp3) is 0.0714. The molecule has 0 heterocycles. The maximum absolute atomic E-state index is 10.4. The molecule has 0 atom stereocenters. The van der Waals surface area contributed by atoms with E-state index in [1.54, 1.807) is 36.4 Å². The molecule has 2 aromatic rings. The topological polar surface area (TPSA) is 78.2 Å². The van der Waals surface area contributed by atoms with Crippen LogP contribution in [0.5, 0.6) is 0 Å². The van der Waals surface area contributed by atoms with E-state index in [1.807, 2.05) is 6.26 Å². The normalized spacial score (nSPS) is 10.5. The van der Waals surface area contributed by atoms with Crippen LogP contribution in [0, 0.1) is 5.41 Å². The molecule has 0 radical (unpaired) electrons. The summed E-state index contributed by atoms with van der Waals surface area (Å²) < 4.78 is 29.2. The molecule has 2 rings (SSSR count). The van der Waals surface area contributed by atoms with E-state index in [-0.39, 0.29) is 4.90 Å². The van der Waals surface area contributed by atoms with Gasteiger partial charge in [0.05, 0.1) is 20.0 Å². The zero-order valence-electron chi connectivity index (χ0n) is 11.5. The quantitative estimate of drug-likeness (QED) is 0.454. The highest BCUT2D eigenvalue weighted by Gasteiger charge is 2.09. The van der Waals surface area contributed by atoms with E-state index >= 15 is 0 Å². The van der Waals surface area contributed by atoms with Crippen molar-refractivity contribution in [2.45, 2.75) is 4.90 Å². The maximum Gasteiger partial charge on any atom is 0.294 e. The highest BCUT2D eigenvalue weighted by Crippen LogP contribution is 2.27. The molecule has 0 bridgehead atoms. The van der Waals surface area contributed by atoms with Crippen LogP contribution >= 0.6 is 35.0 Å². The van der Waals surface area contributed by atoms with Crippen molar-refractivity contribution in [1.82, 2.24) is 0 Å². The van der Waals surface area contributed by atoms with Crippen molar-refractivity contribution in [3.05, 3.63) is 64.1 Å². The van der Waals surface area contributed by atoms with Crippen LogP contribution in [0.2, 0.25) is 10.0 Å². The molecule has 2 aromatic carbocycles. The minimum atomic E-state index is -4.00. The Bertz CT molecular complexity index is 730. The lowest BCUT2D eigenvalue weighted by Crippen LogP contribution is -1.96. The highest BCUT2D eigenvalue weighted by molar-refractivity contribution is 8.13.